The minimum atomic E-state index is 0.564. The third kappa shape index (κ3) is 2.23. The second-order valence-electron chi connectivity index (χ2n) is 4.34. The number of pyridine rings is 1. The van der Waals surface area contributed by atoms with E-state index in [1.165, 1.54) is 11.3 Å². The highest BCUT2D eigenvalue weighted by atomic mass is 15.1. The number of aromatic nitrogens is 1. The Kier molecular flexibility index (Phi) is 3.00. The van der Waals surface area contributed by atoms with E-state index in [-0.39, 0.29) is 0 Å². The molecule has 2 N–H and O–H groups in total. The second-order valence-corrected chi connectivity index (χ2v) is 4.34. The van der Waals surface area contributed by atoms with Gasteiger partial charge >= 0.3 is 0 Å². The van der Waals surface area contributed by atoms with Crippen LogP contribution in [0, 0.1) is 6.92 Å². The lowest BCUT2D eigenvalue weighted by molar-refractivity contribution is 1.13. The summed E-state index contributed by atoms with van der Waals surface area (Å²) in [6, 6.07) is 10.2. The third-order valence-electron chi connectivity index (χ3n) is 2.81. The summed E-state index contributed by atoms with van der Waals surface area (Å²) < 4.78 is 0. The fourth-order valence-corrected chi connectivity index (χ4v) is 1.95. The van der Waals surface area contributed by atoms with Gasteiger partial charge in [0.05, 0.1) is 0 Å². The van der Waals surface area contributed by atoms with Crippen LogP contribution >= 0.6 is 0 Å². The molecule has 0 aliphatic rings. The molecule has 0 aliphatic heterocycles. The summed E-state index contributed by atoms with van der Waals surface area (Å²) in [6.45, 7) is 2.06. The molecular formula is C14H17N3. The predicted molar refractivity (Wildman–Crippen MR) is 73.1 cm³/mol. The highest BCUT2D eigenvalue weighted by molar-refractivity contribution is 5.80. The lowest BCUT2D eigenvalue weighted by Gasteiger charge is -2.18. The topological polar surface area (TPSA) is 42.1 Å². The first-order chi connectivity index (χ1) is 8.09. The van der Waals surface area contributed by atoms with Gasteiger partial charge in [-0.15, -0.1) is 0 Å². The predicted octanol–water partition coefficient (Wildman–Crippen LogP) is 2.71. The van der Waals surface area contributed by atoms with Crippen LogP contribution < -0.4 is 10.6 Å². The first-order valence-corrected chi connectivity index (χ1v) is 5.58. The summed E-state index contributed by atoms with van der Waals surface area (Å²) in [5.74, 6) is 0.564. The van der Waals surface area contributed by atoms with Crippen LogP contribution in [0.2, 0.25) is 0 Å². The molecule has 17 heavy (non-hydrogen) atoms. The minimum absolute atomic E-state index is 0.564. The molecule has 0 amide bonds. The summed E-state index contributed by atoms with van der Waals surface area (Å²) in [5.41, 5.74) is 10.3. The van der Waals surface area contributed by atoms with Crippen molar-refractivity contribution in [2.75, 3.05) is 24.7 Å². The fourth-order valence-electron chi connectivity index (χ4n) is 1.95. The zero-order valence-electron chi connectivity index (χ0n) is 10.4. The Morgan fingerprint density at radius 1 is 1.12 bits per heavy atom. The molecule has 88 valence electrons. The van der Waals surface area contributed by atoms with E-state index in [1.807, 2.05) is 38.5 Å². The van der Waals surface area contributed by atoms with E-state index in [4.69, 9.17) is 5.73 Å². The zero-order valence-corrected chi connectivity index (χ0v) is 10.4. The van der Waals surface area contributed by atoms with E-state index >= 15 is 0 Å². The Bertz CT molecular complexity index is 533. The van der Waals surface area contributed by atoms with Gasteiger partial charge in [0.1, 0.15) is 5.82 Å². The summed E-state index contributed by atoms with van der Waals surface area (Å²) in [4.78, 5) is 6.28. The SMILES string of the molecule is Cc1cc(N)ncc1-c1ccccc1N(C)C. The van der Waals surface area contributed by atoms with Crippen molar-refractivity contribution in [3.8, 4) is 11.1 Å². The van der Waals surface area contributed by atoms with Gasteiger partial charge in [0, 0.05) is 37.1 Å². The molecule has 0 atom stereocenters. The molecule has 3 heteroatoms. The number of para-hydroxylation sites is 1. The van der Waals surface area contributed by atoms with Crippen LogP contribution in [-0.2, 0) is 0 Å². The number of hydrogen-bond donors (Lipinski definition) is 1. The van der Waals surface area contributed by atoms with Crippen molar-refractivity contribution >= 4 is 11.5 Å². The van der Waals surface area contributed by atoms with Gasteiger partial charge in [0.25, 0.3) is 0 Å². The molecule has 0 unspecified atom stereocenters. The van der Waals surface area contributed by atoms with Gasteiger partial charge in [-0.2, -0.15) is 0 Å². The monoisotopic (exact) mass is 227 g/mol. The standard InChI is InChI=1S/C14H17N3/c1-10-8-14(15)16-9-12(10)11-6-4-5-7-13(11)17(2)3/h4-9H,1-3H3,(H2,15,16). The molecular weight excluding hydrogens is 210 g/mol. The maximum absolute atomic E-state index is 5.68. The highest BCUT2D eigenvalue weighted by Crippen LogP contribution is 2.31. The molecule has 0 spiro atoms. The van der Waals surface area contributed by atoms with Crippen LogP contribution in [0.1, 0.15) is 5.56 Å². The van der Waals surface area contributed by atoms with Crippen LogP contribution in [0.15, 0.2) is 36.5 Å². The van der Waals surface area contributed by atoms with Gasteiger partial charge in [0.2, 0.25) is 0 Å². The van der Waals surface area contributed by atoms with Gasteiger partial charge in [-0.1, -0.05) is 18.2 Å². The molecule has 1 aromatic carbocycles. The van der Waals surface area contributed by atoms with E-state index in [0.717, 1.165) is 11.1 Å². The van der Waals surface area contributed by atoms with Crippen molar-refractivity contribution in [3.63, 3.8) is 0 Å². The van der Waals surface area contributed by atoms with Crippen molar-refractivity contribution in [2.24, 2.45) is 0 Å². The molecule has 0 bridgehead atoms. The summed E-state index contributed by atoms with van der Waals surface area (Å²) >= 11 is 0. The zero-order chi connectivity index (χ0) is 12.4. The Labute approximate surface area is 102 Å². The number of hydrogen-bond acceptors (Lipinski definition) is 3. The number of aryl methyl sites for hydroxylation is 1. The molecule has 2 aromatic rings. The first-order valence-electron chi connectivity index (χ1n) is 5.58. The van der Waals surface area contributed by atoms with E-state index in [2.05, 4.69) is 28.9 Å². The first kappa shape index (κ1) is 11.5. The Morgan fingerprint density at radius 3 is 2.47 bits per heavy atom. The van der Waals surface area contributed by atoms with E-state index in [1.54, 1.807) is 0 Å². The van der Waals surface area contributed by atoms with Gasteiger partial charge < -0.3 is 10.6 Å². The van der Waals surface area contributed by atoms with Crippen molar-refractivity contribution < 1.29 is 0 Å². The average molecular weight is 227 g/mol. The largest absolute Gasteiger partial charge is 0.384 e. The number of nitrogens with zero attached hydrogens (tertiary/aromatic N) is 2. The van der Waals surface area contributed by atoms with Gasteiger partial charge in [0.15, 0.2) is 0 Å². The summed E-state index contributed by atoms with van der Waals surface area (Å²) in [5, 5.41) is 0. The molecule has 2 rings (SSSR count). The van der Waals surface area contributed by atoms with Crippen LogP contribution in [-0.4, -0.2) is 19.1 Å². The fraction of sp³-hybridized carbons (Fsp3) is 0.214. The van der Waals surface area contributed by atoms with E-state index in [9.17, 15) is 0 Å². The summed E-state index contributed by atoms with van der Waals surface area (Å²) in [6.07, 6.45) is 1.84. The Balaban J connectivity index is 2.60. The summed E-state index contributed by atoms with van der Waals surface area (Å²) in [7, 11) is 4.08. The van der Waals surface area contributed by atoms with E-state index < -0.39 is 0 Å². The average Bonchev–Trinajstić information content (AvgIpc) is 2.29. The molecule has 0 saturated heterocycles. The van der Waals surface area contributed by atoms with E-state index in [0.29, 0.717) is 5.82 Å². The number of nitrogen functional groups attached to an aromatic ring is 1. The van der Waals surface area contributed by atoms with Gasteiger partial charge in [-0.25, -0.2) is 4.98 Å². The lowest BCUT2D eigenvalue weighted by Crippen LogP contribution is -2.10. The molecule has 1 heterocycles. The quantitative estimate of drug-likeness (QED) is 0.857. The van der Waals surface area contributed by atoms with Crippen LogP contribution in [0.5, 0.6) is 0 Å². The number of anilines is 2. The molecule has 0 radical (unpaired) electrons. The van der Waals surface area contributed by atoms with Gasteiger partial charge in [-0.3, -0.25) is 0 Å². The normalized spacial score (nSPS) is 10.3. The van der Waals surface area contributed by atoms with Crippen LogP contribution in [0.25, 0.3) is 11.1 Å². The molecule has 0 fully saturated rings. The van der Waals surface area contributed by atoms with Crippen molar-refractivity contribution in [1.29, 1.82) is 0 Å². The molecule has 0 saturated carbocycles. The lowest BCUT2D eigenvalue weighted by atomic mass is 10.0. The van der Waals surface area contributed by atoms with Crippen molar-refractivity contribution in [2.45, 2.75) is 6.92 Å². The van der Waals surface area contributed by atoms with Crippen LogP contribution in [0.3, 0.4) is 0 Å². The molecule has 1 aromatic heterocycles. The minimum Gasteiger partial charge on any atom is -0.384 e. The number of benzene rings is 1. The maximum Gasteiger partial charge on any atom is 0.123 e. The maximum atomic E-state index is 5.68. The molecule has 3 nitrogen and oxygen atoms in total. The Hall–Kier alpha value is -2.03. The number of nitrogens with two attached hydrogens (primary N) is 1. The smallest absolute Gasteiger partial charge is 0.123 e. The van der Waals surface area contributed by atoms with Crippen LogP contribution in [0.4, 0.5) is 11.5 Å². The third-order valence-corrected chi connectivity index (χ3v) is 2.81. The second kappa shape index (κ2) is 4.45. The number of rotatable bonds is 2. The van der Waals surface area contributed by atoms with Gasteiger partial charge in [-0.05, 0) is 24.6 Å². The molecule has 0 aliphatic carbocycles. The highest BCUT2D eigenvalue weighted by Gasteiger charge is 2.09. The van der Waals surface area contributed by atoms with Crippen molar-refractivity contribution in [1.82, 2.24) is 4.98 Å². The van der Waals surface area contributed by atoms with Crippen molar-refractivity contribution in [3.05, 3.63) is 42.1 Å². The Morgan fingerprint density at radius 2 is 1.82 bits per heavy atom.